The summed E-state index contributed by atoms with van der Waals surface area (Å²) in [5, 5.41) is 8.29. The maximum atomic E-state index is 12.6. The predicted molar refractivity (Wildman–Crippen MR) is 123 cm³/mol. The van der Waals surface area contributed by atoms with Crippen LogP contribution in [0.25, 0.3) is 0 Å². The van der Waals surface area contributed by atoms with Crippen molar-refractivity contribution in [3.63, 3.8) is 0 Å². The van der Waals surface area contributed by atoms with Crippen LogP contribution < -0.4 is 20.7 Å². The number of anilines is 2. The third-order valence-corrected chi connectivity index (χ3v) is 4.32. The molecule has 2 rings (SSSR count). The topological polar surface area (TPSA) is 106 Å². The van der Waals surface area contributed by atoms with Crippen LogP contribution in [0, 0.1) is 5.92 Å². The van der Waals surface area contributed by atoms with E-state index in [1.165, 1.54) is 7.11 Å². The molecule has 9 heteroatoms. The summed E-state index contributed by atoms with van der Waals surface area (Å²) in [4.78, 5) is 36.2. The van der Waals surface area contributed by atoms with Gasteiger partial charge in [0.15, 0.2) is 5.11 Å². The lowest BCUT2D eigenvalue weighted by Gasteiger charge is -2.14. The van der Waals surface area contributed by atoms with Crippen molar-refractivity contribution < 1.29 is 23.9 Å². The van der Waals surface area contributed by atoms with E-state index in [2.05, 4.69) is 16.0 Å². The summed E-state index contributed by atoms with van der Waals surface area (Å²) in [6.07, 6.45) is 0. The van der Waals surface area contributed by atoms with Crippen molar-refractivity contribution in [2.75, 3.05) is 24.4 Å². The lowest BCUT2D eigenvalue weighted by Crippen LogP contribution is -2.34. The van der Waals surface area contributed by atoms with Crippen molar-refractivity contribution in [1.82, 2.24) is 5.32 Å². The van der Waals surface area contributed by atoms with Gasteiger partial charge in [-0.05, 0) is 55.5 Å². The number of benzene rings is 2. The lowest BCUT2D eigenvalue weighted by molar-refractivity contribution is -0.118. The van der Waals surface area contributed by atoms with Crippen molar-refractivity contribution in [2.45, 2.75) is 20.8 Å². The highest BCUT2D eigenvalue weighted by molar-refractivity contribution is 7.80. The molecule has 0 heterocycles. The number of amides is 2. The third-order valence-electron chi connectivity index (χ3n) is 4.12. The summed E-state index contributed by atoms with van der Waals surface area (Å²) < 4.78 is 10.2. The van der Waals surface area contributed by atoms with E-state index in [1.54, 1.807) is 63.2 Å². The quantitative estimate of drug-likeness (QED) is 0.444. The number of hydrogen-bond acceptors (Lipinski definition) is 6. The molecule has 8 nitrogen and oxygen atoms in total. The molecule has 2 aromatic carbocycles. The fraction of sp³-hybridized carbons (Fsp3) is 0.273. The number of carbonyl (C=O) groups is 3. The first kappa shape index (κ1) is 23.8. The smallest absolute Gasteiger partial charge is 0.338 e. The van der Waals surface area contributed by atoms with Gasteiger partial charge in [0, 0.05) is 23.4 Å². The third kappa shape index (κ3) is 6.78. The molecule has 0 aliphatic rings. The highest BCUT2D eigenvalue weighted by Gasteiger charge is 2.16. The molecule has 0 atom stereocenters. The molecular formula is C22H25N3O5S. The van der Waals surface area contributed by atoms with E-state index in [0.29, 0.717) is 29.3 Å². The summed E-state index contributed by atoms with van der Waals surface area (Å²) >= 11 is 5.20. The minimum atomic E-state index is -0.473. The Morgan fingerprint density at radius 3 is 2.23 bits per heavy atom. The van der Waals surface area contributed by atoms with Gasteiger partial charge in [0.1, 0.15) is 5.75 Å². The molecule has 0 bridgehead atoms. The normalized spacial score (nSPS) is 10.2. The van der Waals surface area contributed by atoms with Gasteiger partial charge in [0.2, 0.25) is 5.91 Å². The second-order valence-corrected chi connectivity index (χ2v) is 7.17. The Morgan fingerprint density at radius 1 is 1.00 bits per heavy atom. The molecule has 0 unspecified atom stereocenters. The Kier molecular flexibility index (Phi) is 8.51. The minimum absolute atomic E-state index is 0.0770. The number of carbonyl (C=O) groups excluding carboxylic acids is 3. The Bertz CT molecular complexity index is 974. The van der Waals surface area contributed by atoms with Gasteiger partial charge in [0.05, 0.1) is 24.8 Å². The SMILES string of the molecule is CCOC(=O)c1ccc(NC(=S)NC(=O)c2ccc(NC(=O)C(C)C)cc2OC)cc1. The summed E-state index contributed by atoms with van der Waals surface area (Å²) in [6.45, 7) is 5.60. The van der Waals surface area contributed by atoms with Crippen LogP contribution >= 0.6 is 12.2 Å². The van der Waals surface area contributed by atoms with Gasteiger partial charge >= 0.3 is 5.97 Å². The zero-order valence-corrected chi connectivity index (χ0v) is 18.6. The molecule has 0 radical (unpaired) electrons. The van der Waals surface area contributed by atoms with Crippen molar-refractivity contribution >= 4 is 46.5 Å². The largest absolute Gasteiger partial charge is 0.496 e. The molecule has 2 aromatic rings. The molecule has 0 saturated heterocycles. The average Bonchev–Trinajstić information content (AvgIpc) is 2.74. The Balaban J connectivity index is 2.03. The number of esters is 1. The van der Waals surface area contributed by atoms with E-state index >= 15 is 0 Å². The van der Waals surface area contributed by atoms with Crippen LogP contribution in [0.1, 0.15) is 41.5 Å². The minimum Gasteiger partial charge on any atom is -0.496 e. The highest BCUT2D eigenvalue weighted by Crippen LogP contribution is 2.23. The van der Waals surface area contributed by atoms with Crippen LogP contribution in [0.4, 0.5) is 11.4 Å². The lowest BCUT2D eigenvalue weighted by atomic mass is 10.1. The second kappa shape index (κ2) is 11.1. The average molecular weight is 444 g/mol. The molecule has 0 aliphatic carbocycles. The number of nitrogens with one attached hydrogen (secondary N) is 3. The Labute approximate surface area is 186 Å². The summed E-state index contributed by atoms with van der Waals surface area (Å²) in [5.74, 6) is -0.910. The first-order chi connectivity index (χ1) is 14.7. The van der Waals surface area contributed by atoms with E-state index < -0.39 is 11.9 Å². The molecule has 3 N–H and O–H groups in total. The molecule has 164 valence electrons. The fourth-order valence-corrected chi connectivity index (χ4v) is 2.69. The first-order valence-electron chi connectivity index (χ1n) is 9.63. The maximum absolute atomic E-state index is 12.6. The Morgan fingerprint density at radius 2 is 1.65 bits per heavy atom. The molecular weight excluding hydrogens is 418 g/mol. The van der Waals surface area contributed by atoms with Crippen LogP contribution in [-0.2, 0) is 9.53 Å². The number of ether oxygens (including phenoxy) is 2. The molecule has 31 heavy (non-hydrogen) atoms. The standard InChI is InChI=1S/C22H25N3O5S/c1-5-30-21(28)14-6-8-15(9-7-14)24-22(31)25-20(27)17-11-10-16(12-18(17)29-4)23-19(26)13(2)3/h6-13H,5H2,1-4H3,(H,23,26)(H2,24,25,27,31). The van der Waals surface area contributed by atoms with Gasteiger partial charge in [-0.15, -0.1) is 0 Å². The predicted octanol–water partition coefficient (Wildman–Crippen LogP) is 3.59. The number of rotatable bonds is 7. The van der Waals surface area contributed by atoms with Crippen molar-refractivity contribution in [3.05, 3.63) is 53.6 Å². The summed E-state index contributed by atoms with van der Waals surface area (Å²) in [7, 11) is 1.43. The highest BCUT2D eigenvalue weighted by atomic mass is 32.1. The monoisotopic (exact) mass is 443 g/mol. The van der Waals surface area contributed by atoms with E-state index in [0.717, 1.165) is 0 Å². The van der Waals surface area contributed by atoms with E-state index in [4.69, 9.17) is 21.7 Å². The number of methoxy groups -OCH3 is 1. The van der Waals surface area contributed by atoms with Gasteiger partial charge in [-0.25, -0.2) is 4.79 Å². The molecule has 0 aliphatic heterocycles. The van der Waals surface area contributed by atoms with Crippen LogP contribution in [-0.4, -0.2) is 36.6 Å². The number of thiocarbonyl (C=S) groups is 1. The van der Waals surface area contributed by atoms with Crippen LogP contribution in [0.15, 0.2) is 42.5 Å². The molecule has 0 fully saturated rings. The molecule has 0 aromatic heterocycles. The van der Waals surface area contributed by atoms with Crippen molar-refractivity contribution in [3.8, 4) is 5.75 Å². The zero-order valence-electron chi connectivity index (χ0n) is 17.8. The van der Waals surface area contributed by atoms with Crippen LogP contribution in [0.3, 0.4) is 0 Å². The number of hydrogen-bond donors (Lipinski definition) is 3. The molecule has 0 spiro atoms. The fourth-order valence-electron chi connectivity index (χ4n) is 2.48. The summed E-state index contributed by atoms with van der Waals surface area (Å²) in [6, 6.07) is 11.2. The first-order valence-corrected chi connectivity index (χ1v) is 10.0. The Hall–Kier alpha value is -3.46. The van der Waals surface area contributed by atoms with Crippen LogP contribution in [0.5, 0.6) is 5.75 Å². The second-order valence-electron chi connectivity index (χ2n) is 6.77. The maximum Gasteiger partial charge on any atom is 0.338 e. The molecule has 2 amide bonds. The van der Waals surface area contributed by atoms with Gasteiger partial charge < -0.3 is 20.1 Å². The van der Waals surface area contributed by atoms with E-state index in [9.17, 15) is 14.4 Å². The van der Waals surface area contributed by atoms with Gasteiger partial charge in [-0.3, -0.25) is 14.9 Å². The summed E-state index contributed by atoms with van der Waals surface area (Å²) in [5.41, 5.74) is 1.79. The molecule has 0 saturated carbocycles. The van der Waals surface area contributed by atoms with E-state index in [-0.39, 0.29) is 22.5 Å². The van der Waals surface area contributed by atoms with Gasteiger partial charge in [-0.2, -0.15) is 0 Å². The van der Waals surface area contributed by atoms with Crippen molar-refractivity contribution in [2.24, 2.45) is 5.92 Å². The van der Waals surface area contributed by atoms with E-state index in [1.807, 2.05) is 0 Å². The van der Waals surface area contributed by atoms with Crippen LogP contribution in [0.2, 0.25) is 0 Å². The zero-order chi connectivity index (χ0) is 23.0. The van der Waals surface area contributed by atoms with Crippen molar-refractivity contribution in [1.29, 1.82) is 0 Å². The van der Waals surface area contributed by atoms with Gasteiger partial charge in [0.25, 0.3) is 5.91 Å². The van der Waals surface area contributed by atoms with Gasteiger partial charge in [-0.1, -0.05) is 13.8 Å².